The predicted octanol–water partition coefficient (Wildman–Crippen LogP) is 2.80. The molecule has 8 nitrogen and oxygen atoms in total. The van der Waals surface area contributed by atoms with Gasteiger partial charge in [0.15, 0.2) is 0 Å². The Balaban J connectivity index is 1.38. The number of rotatable bonds is 6. The standard InChI is InChI=1S/C22H26N4O4/c1-2-24-9-3-4-16(24)12-23-17-8-7-15(11-18(17)26(29)30)25-21(27)19-13-5-6-14(10-13)20(19)22(25)28/h5-8,11,13-14,16,19-20,23H,2-4,9-10,12H2,1H3/t13-,14-,16+,19-,20-/m0/s1. The lowest BCUT2D eigenvalue weighted by Gasteiger charge is -2.23. The van der Waals surface area contributed by atoms with Crippen molar-refractivity contribution >= 4 is 28.9 Å². The number of nitrogens with one attached hydrogen (secondary N) is 1. The first-order valence-corrected chi connectivity index (χ1v) is 10.8. The quantitative estimate of drug-likeness (QED) is 0.335. The van der Waals surface area contributed by atoms with Gasteiger partial charge in [0.2, 0.25) is 11.8 Å². The lowest BCUT2D eigenvalue weighted by molar-refractivity contribution is -0.383. The predicted molar refractivity (Wildman–Crippen MR) is 112 cm³/mol. The third-order valence-electron chi connectivity index (χ3n) is 7.34. The van der Waals surface area contributed by atoms with E-state index in [1.165, 1.54) is 11.0 Å². The maximum atomic E-state index is 13.0. The summed E-state index contributed by atoms with van der Waals surface area (Å²) in [5.41, 5.74) is 0.618. The van der Waals surface area contributed by atoms with E-state index in [1.54, 1.807) is 12.1 Å². The van der Waals surface area contributed by atoms with E-state index < -0.39 is 4.92 Å². The first-order valence-electron chi connectivity index (χ1n) is 10.8. The number of carbonyl (C=O) groups is 2. The fourth-order valence-corrected chi connectivity index (χ4v) is 5.89. The molecular weight excluding hydrogens is 384 g/mol. The van der Waals surface area contributed by atoms with Crippen LogP contribution in [0.2, 0.25) is 0 Å². The molecule has 30 heavy (non-hydrogen) atoms. The van der Waals surface area contributed by atoms with Crippen molar-refractivity contribution in [3.8, 4) is 0 Å². The maximum absolute atomic E-state index is 13.0. The van der Waals surface area contributed by atoms with Crippen molar-refractivity contribution in [3.63, 3.8) is 0 Å². The Morgan fingerprint density at radius 3 is 2.50 bits per heavy atom. The van der Waals surface area contributed by atoms with E-state index in [1.807, 2.05) is 12.2 Å². The van der Waals surface area contributed by atoms with Crippen molar-refractivity contribution in [2.24, 2.45) is 23.7 Å². The molecule has 4 aliphatic rings. The largest absolute Gasteiger partial charge is 0.378 e. The second-order valence-corrected chi connectivity index (χ2v) is 8.78. The topological polar surface area (TPSA) is 95.8 Å². The number of hydrogen-bond acceptors (Lipinski definition) is 6. The SMILES string of the molecule is CCN1CCC[C@@H]1CNc1ccc(N2C(=O)[C@@H]3[C@@H](C2=O)[C@H]2C=C[C@H]3C2)cc1[N+](=O)[O-]. The normalized spacial score (nSPS) is 32.3. The number of hydrogen-bond donors (Lipinski definition) is 1. The Morgan fingerprint density at radius 2 is 1.87 bits per heavy atom. The molecule has 2 saturated heterocycles. The van der Waals surface area contributed by atoms with Crippen LogP contribution in [0.1, 0.15) is 26.2 Å². The number of nitrogens with zero attached hydrogens (tertiary/aromatic N) is 3. The molecular formula is C22H26N4O4. The number of amides is 2. The van der Waals surface area contributed by atoms with Crippen molar-refractivity contribution in [2.45, 2.75) is 32.2 Å². The molecule has 0 unspecified atom stereocenters. The van der Waals surface area contributed by atoms with Gasteiger partial charge in [0.1, 0.15) is 5.69 Å². The van der Waals surface area contributed by atoms with Gasteiger partial charge in [-0.3, -0.25) is 24.6 Å². The number of imide groups is 1. The van der Waals surface area contributed by atoms with Crippen LogP contribution in [0.5, 0.6) is 0 Å². The first-order chi connectivity index (χ1) is 14.5. The van der Waals surface area contributed by atoms with E-state index in [-0.39, 0.29) is 41.2 Å². The van der Waals surface area contributed by atoms with Crippen LogP contribution in [0, 0.1) is 33.8 Å². The monoisotopic (exact) mass is 410 g/mol. The van der Waals surface area contributed by atoms with E-state index in [4.69, 9.17) is 0 Å². The van der Waals surface area contributed by atoms with E-state index in [0.717, 1.165) is 32.4 Å². The van der Waals surface area contributed by atoms with Crippen LogP contribution in [-0.4, -0.2) is 47.3 Å². The molecule has 8 heteroatoms. The molecule has 1 aromatic rings. The summed E-state index contributed by atoms with van der Waals surface area (Å²) in [5, 5.41) is 15.0. The van der Waals surface area contributed by atoms with Gasteiger partial charge in [-0.05, 0) is 56.3 Å². The van der Waals surface area contributed by atoms with Gasteiger partial charge in [-0.2, -0.15) is 0 Å². The minimum Gasteiger partial charge on any atom is -0.378 e. The van der Waals surface area contributed by atoms with Crippen molar-refractivity contribution in [2.75, 3.05) is 29.9 Å². The van der Waals surface area contributed by atoms with Gasteiger partial charge in [0, 0.05) is 18.7 Å². The van der Waals surface area contributed by atoms with Crippen LogP contribution >= 0.6 is 0 Å². The Morgan fingerprint density at radius 1 is 1.17 bits per heavy atom. The number of anilines is 2. The van der Waals surface area contributed by atoms with Crippen molar-refractivity contribution in [1.29, 1.82) is 0 Å². The average Bonchev–Trinajstić information content (AvgIpc) is 3.50. The van der Waals surface area contributed by atoms with Gasteiger partial charge in [-0.25, -0.2) is 4.90 Å². The Hall–Kier alpha value is -2.74. The highest BCUT2D eigenvalue weighted by Crippen LogP contribution is 2.53. The number of carbonyl (C=O) groups excluding carboxylic acids is 2. The Bertz CT molecular complexity index is 915. The highest BCUT2D eigenvalue weighted by atomic mass is 16.6. The summed E-state index contributed by atoms with van der Waals surface area (Å²) in [4.78, 5) is 40.8. The molecule has 158 valence electrons. The number of fused-ring (bicyclic) bond motifs is 5. The van der Waals surface area contributed by atoms with Crippen LogP contribution in [0.4, 0.5) is 17.1 Å². The summed E-state index contributed by atoms with van der Waals surface area (Å²) in [6.07, 6.45) is 7.15. The summed E-state index contributed by atoms with van der Waals surface area (Å²) in [7, 11) is 0. The number of likely N-dealkylation sites (tertiary alicyclic amines) is 1. The zero-order valence-corrected chi connectivity index (χ0v) is 17.0. The molecule has 5 atom stereocenters. The summed E-state index contributed by atoms with van der Waals surface area (Å²) in [5.74, 6) is -0.836. The molecule has 5 rings (SSSR count). The van der Waals surface area contributed by atoms with E-state index in [9.17, 15) is 19.7 Å². The van der Waals surface area contributed by atoms with Crippen molar-refractivity contribution < 1.29 is 14.5 Å². The number of nitro benzene ring substituents is 1. The fourth-order valence-electron chi connectivity index (χ4n) is 5.89. The molecule has 1 N–H and O–H groups in total. The minimum atomic E-state index is -0.449. The van der Waals surface area contributed by atoms with Crippen LogP contribution in [0.15, 0.2) is 30.4 Å². The van der Waals surface area contributed by atoms with Gasteiger partial charge in [-0.1, -0.05) is 19.1 Å². The van der Waals surface area contributed by atoms with Gasteiger partial charge in [-0.15, -0.1) is 0 Å². The molecule has 1 aromatic carbocycles. The van der Waals surface area contributed by atoms with Gasteiger partial charge >= 0.3 is 0 Å². The number of benzene rings is 1. The maximum Gasteiger partial charge on any atom is 0.294 e. The third-order valence-corrected chi connectivity index (χ3v) is 7.34. The summed E-state index contributed by atoms with van der Waals surface area (Å²) in [6.45, 7) is 4.78. The zero-order valence-electron chi connectivity index (χ0n) is 17.0. The van der Waals surface area contributed by atoms with Gasteiger partial charge in [0.25, 0.3) is 5.69 Å². The summed E-state index contributed by atoms with van der Waals surface area (Å²) in [6, 6.07) is 4.99. The van der Waals surface area contributed by atoms with E-state index in [0.29, 0.717) is 24.0 Å². The third kappa shape index (κ3) is 2.85. The van der Waals surface area contributed by atoms with Crippen molar-refractivity contribution in [1.82, 2.24) is 4.90 Å². The molecule has 1 saturated carbocycles. The molecule has 2 aliphatic carbocycles. The average molecular weight is 410 g/mol. The lowest BCUT2D eigenvalue weighted by Crippen LogP contribution is -2.35. The molecule has 0 spiro atoms. The number of nitro groups is 1. The summed E-state index contributed by atoms with van der Waals surface area (Å²) >= 11 is 0. The van der Waals surface area contributed by atoms with Crippen LogP contribution < -0.4 is 10.2 Å². The molecule has 3 fully saturated rings. The van der Waals surface area contributed by atoms with Gasteiger partial charge < -0.3 is 5.32 Å². The van der Waals surface area contributed by atoms with Crippen LogP contribution in [0.3, 0.4) is 0 Å². The highest BCUT2D eigenvalue weighted by Gasteiger charge is 2.59. The Kier molecular flexibility index (Phi) is 4.61. The summed E-state index contributed by atoms with van der Waals surface area (Å²) < 4.78 is 0. The minimum absolute atomic E-state index is 0.104. The van der Waals surface area contributed by atoms with Crippen LogP contribution in [0.25, 0.3) is 0 Å². The molecule has 0 aromatic heterocycles. The van der Waals surface area contributed by atoms with Gasteiger partial charge in [0.05, 0.1) is 22.4 Å². The molecule has 2 bridgehead atoms. The number of allylic oxidation sites excluding steroid dienone is 2. The van der Waals surface area contributed by atoms with Crippen molar-refractivity contribution in [3.05, 3.63) is 40.5 Å². The zero-order chi connectivity index (χ0) is 21.0. The fraction of sp³-hybridized carbons (Fsp3) is 0.545. The highest BCUT2D eigenvalue weighted by molar-refractivity contribution is 6.23. The second-order valence-electron chi connectivity index (χ2n) is 8.78. The molecule has 0 radical (unpaired) electrons. The lowest BCUT2D eigenvalue weighted by atomic mass is 9.85. The number of likely N-dealkylation sites (N-methyl/N-ethyl adjacent to an activating group) is 1. The van der Waals surface area contributed by atoms with E-state index >= 15 is 0 Å². The molecule has 2 amide bonds. The molecule has 2 heterocycles. The first kappa shape index (κ1) is 19.2. The van der Waals surface area contributed by atoms with Crippen LogP contribution in [-0.2, 0) is 9.59 Å². The smallest absolute Gasteiger partial charge is 0.294 e. The molecule has 2 aliphatic heterocycles. The Labute approximate surface area is 175 Å². The second kappa shape index (κ2) is 7.19. The van der Waals surface area contributed by atoms with E-state index in [2.05, 4.69) is 17.1 Å².